The van der Waals surface area contributed by atoms with Gasteiger partial charge in [-0.25, -0.2) is 8.78 Å². The molecule has 0 radical (unpaired) electrons. The van der Waals surface area contributed by atoms with Gasteiger partial charge in [0.2, 0.25) is 0 Å². The lowest BCUT2D eigenvalue weighted by atomic mass is 10.1. The summed E-state index contributed by atoms with van der Waals surface area (Å²) in [4.78, 5) is 0. The first-order valence-corrected chi connectivity index (χ1v) is 6.16. The van der Waals surface area contributed by atoms with E-state index in [9.17, 15) is 8.78 Å². The molecule has 0 unspecified atom stereocenters. The Hall–Kier alpha value is -2.15. The Balaban J connectivity index is 1.95. The van der Waals surface area contributed by atoms with Gasteiger partial charge in [-0.2, -0.15) is 5.10 Å². The number of hydrogen-bond donors (Lipinski definition) is 0. The third kappa shape index (κ3) is 2.24. The maximum atomic E-state index is 13.9. The van der Waals surface area contributed by atoms with Crippen LogP contribution in [0.4, 0.5) is 8.78 Å². The summed E-state index contributed by atoms with van der Waals surface area (Å²) in [5.74, 6) is 0.905. The minimum Gasteiger partial charge on any atom is -0.272 e. The van der Waals surface area contributed by atoms with Gasteiger partial charge in [0.25, 0.3) is 0 Å². The Bertz CT molecular complexity index is 663. The van der Waals surface area contributed by atoms with Gasteiger partial charge in [-0.3, -0.25) is 4.68 Å². The van der Waals surface area contributed by atoms with E-state index in [-0.39, 0.29) is 11.1 Å². The van der Waals surface area contributed by atoms with Gasteiger partial charge in [0.15, 0.2) is 11.6 Å². The molecule has 0 bridgehead atoms. The molecule has 1 aliphatic carbocycles. The van der Waals surface area contributed by atoms with Crippen LogP contribution in [0.2, 0.25) is 0 Å². The fourth-order valence-electron chi connectivity index (χ4n) is 2.05. The van der Waals surface area contributed by atoms with Gasteiger partial charge in [0.05, 0.1) is 11.8 Å². The lowest BCUT2D eigenvalue weighted by molar-refractivity contribution is 0.509. The standard InChI is InChI=1S/C15H12F2N2/c1-2-11-5-6-13(15(17)14(11)16)12-7-18-19(9-12)8-10-3-4-10/h1,5-7,9-10H,3-4,8H2. The molecular formula is C15H12F2N2. The molecule has 4 heteroatoms. The van der Waals surface area contributed by atoms with Crippen molar-refractivity contribution in [1.29, 1.82) is 0 Å². The van der Waals surface area contributed by atoms with E-state index in [1.54, 1.807) is 17.1 Å². The molecule has 0 N–H and O–H groups in total. The molecule has 2 nitrogen and oxygen atoms in total. The van der Waals surface area contributed by atoms with Crippen molar-refractivity contribution in [2.45, 2.75) is 19.4 Å². The second-order valence-electron chi connectivity index (χ2n) is 4.83. The van der Waals surface area contributed by atoms with Crippen molar-refractivity contribution in [2.75, 3.05) is 0 Å². The molecule has 1 fully saturated rings. The predicted octanol–water partition coefficient (Wildman–Crippen LogP) is 3.22. The van der Waals surface area contributed by atoms with Crippen LogP contribution in [0, 0.1) is 29.9 Å². The van der Waals surface area contributed by atoms with E-state index in [0.717, 1.165) is 6.54 Å². The van der Waals surface area contributed by atoms with Crippen LogP contribution in [-0.4, -0.2) is 9.78 Å². The summed E-state index contributed by atoms with van der Waals surface area (Å²) in [5, 5.41) is 4.17. The highest BCUT2D eigenvalue weighted by Crippen LogP contribution is 2.31. The lowest BCUT2D eigenvalue weighted by Gasteiger charge is -2.03. The van der Waals surface area contributed by atoms with E-state index in [4.69, 9.17) is 6.42 Å². The Labute approximate surface area is 110 Å². The SMILES string of the molecule is C#Cc1ccc(-c2cnn(CC3CC3)c2)c(F)c1F. The number of rotatable bonds is 3. The van der Waals surface area contributed by atoms with E-state index in [0.29, 0.717) is 11.5 Å². The molecule has 1 aromatic heterocycles. The molecular weight excluding hydrogens is 246 g/mol. The lowest BCUT2D eigenvalue weighted by Crippen LogP contribution is -1.99. The van der Waals surface area contributed by atoms with Crippen LogP contribution in [-0.2, 0) is 6.54 Å². The molecule has 1 saturated carbocycles. The fourth-order valence-corrected chi connectivity index (χ4v) is 2.05. The van der Waals surface area contributed by atoms with Crippen LogP contribution in [0.15, 0.2) is 24.5 Å². The zero-order chi connectivity index (χ0) is 13.4. The first kappa shape index (κ1) is 11.9. The molecule has 19 heavy (non-hydrogen) atoms. The average molecular weight is 258 g/mol. The number of terminal acetylenes is 1. The highest BCUT2D eigenvalue weighted by atomic mass is 19.2. The smallest absolute Gasteiger partial charge is 0.175 e. The summed E-state index contributed by atoms with van der Waals surface area (Å²) in [6.07, 6.45) is 10.8. The van der Waals surface area contributed by atoms with E-state index >= 15 is 0 Å². The predicted molar refractivity (Wildman–Crippen MR) is 68.2 cm³/mol. The van der Waals surface area contributed by atoms with Crippen LogP contribution >= 0.6 is 0 Å². The summed E-state index contributed by atoms with van der Waals surface area (Å²) in [7, 11) is 0. The van der Waals surface area contributed by atoms with Gasteiger partial charge in [-0.1, -0.05) is 5.92 Å². The molecule has 0 aliphatic heterocycles. The monoisotopic (exact) mass is 258 g/mol. The molecule has 3 rings (SSSR count). The quantitative estimate of drug-likeness (QED) is 0.773. The van der Waals surface area contributed by atoms with Crippen LogP contribution < -0.4 is 0 Å². The molecule has 1 aromatic carbocycles. The Morgan fingerprint density at radius 2 is 2.11 bits per heavy atom. The maximum absolute atomic E-state index is 13.9. The second-order valence-corrected chi connectivity index (χ2v) is 4.83. The number of benzene rings is 1. The van der Waals surface area contributed by atoms with Gasteiger partial charge < -0.3 is 0 Å². The van der Waals surface area contributed by atoms with E-state index < -0.39 is 11.6 Å². The summed E-state index contributed by atoms with van der Waals surface area (Å²) < 4.78 is 29.3. The molecule has 1 heterocycles. The molecule has 96 valence electrons. The second kappa shape index (κ2) is 4.51. The number of halogens is 2. The normalized spacial score (nSPS) is 14.4. The van der Waals surface area contributed by atoms with Crippen molar-refractivity contribution >= 4 is 0 Å². The number of aromatic nitrogens is 2. The van der Waals surface area contributed by atoms with E-state index in [1.165, 1.54) is 25.0 Å². The Morgan fingerprint density at radius 1 is 1.32 bits per heavy atom. The van der Waals surface area contributed by atoms with Crippen molar-refractivity contribution < 1.29 is 8.78 Å². The highest BCUT2D eigenvalue weighted by molar-refractivity contribution is 5.64. The zero-order valence-corrected chi connectivity index (χ0v) is 10.2. The van der Waals surface area contributed by atoms with Crippen molar-refractivity contribution in [3.05, 3.63) is 41.7 Å². The maximum Gasteiger partial charge on any atom is 0.175 e. The Kier molecular flexibility index (Phi) is 2.83. The fraction of sp³-hybridized carbons (Fsp3) is 0.267. The molecule has 2 aromatic rings. The van der Waals surface area contributed by atoms with E-state index in [2.05, 4.69) is 11.0 Å². The first-order valence-electron chi connectivity index (χ1n) is 6.16. The molecule has 0 atom stereocenters. The van der Waals surface area contributed by atoms with Gasteiger partial charge in [0, 0.05) is 23.9 Å². The average Bonchev–Trinajstić information content (AvgIpc) is 3.10. The van der Waals surface area contributed by atoms with Gasteiger partial charge >= 0.3 is 0 Å². The summed E-state index contributed by atoms with van der Waals surface area (Å²) in [6.45, 7) is 0.840. The van der Waals surface area contributed by atoms with Gasteiger partial charge in [-0.15, -0.1) is 6.42 Å². The molecule has 0 saturated heterocycles. The van der Waals surface area contributed by atoms with Crippen LogP contribution in [0.3, 0.4) is 0 Å². The summed E-state index contributed by atoms with van der Waals surface area (Å²) in [6, 6.07) is 2.90. The highest BCUT2D eigenvalue weighted by Gasteiger charge is 2.22. The van der Waals surface area contributed by atoms with Crippen LogP contribution in [0.1, 0.15) is 18.4 Å². The van der Waals surface area contributed by atoms with Crippen LogP contribution in [0.5, 0.6) is 0 Å². The van der Waals surface area contributed by atoms with Gasteiger partial charge in [0.1, 0.15) is 0 Å². The minimum absolute atomic E-state index is 0.0633. The third-order valence-electron chi connectivity index (χ3n) is 3.32. The molecule has 0 amide bonds. The van der Waals surface area contributed by atoms with Gasteiger partial charge in [-0.05, 0) is 30.9 Å². The van der Waals surface area contributed by atoms with Crippen molar-refractivity contribution in [3.8, 4) is 23.5 Å². The minimum atomic E-state index is -0.977. The number of hydrogen-bond acceptors (Lipinski definition) is 1. The third-order valence-corrected chi connectivity index (χ3v) is 3.32. The largest absolute Gasteiger partial charge is 0.272 e. The van der Waals surface area contributed by atoms with Crippen molar-refractivity contribution in [1.82, 2.24) is 9.78 Å². The van der Waals surface area contributed by atoms with Crippen molar-refractivity contribution in [2.24, 2.45) is 5.92 Å². The topological polar surface area (TPSA) is 17.8 Å². The van der Waals surface area contributed by atoms with Crippen LogP contribution in [0.25, 0.3) is 11.1 Å². The Morgan fingerprint density at radius 3 is 2.79 bits per heavy atom. The first-order chi connectivity index (χ1) is 9.19. The van der Waals surface area contributed by atoms with E-state index in [1.807, 2.05) is 0 Å². The summed E-state index contributed by atoms with van der Waals surface area (Å²) in [5.41, 5.74) is 0.700. The molecule has 0 spiro atoms. The van der Waals surface area contributed by atoms with Crippen molar-refractivity contribution in [3.63, 3.8) is 0 Å². The number of nitrogens with zero attached hydrogens (tertiary/aromatic N) is 2. The zero-order valence-electron chi connectivity index (χ0n) is 10.2. The summed E-state index contributed by atoms with van der Waals surface area (Å²) >= 11 is 0. The molecule has 1 aliphatic rings.